The Morgan fingerprint density at radius 1 is 1.00 bits per heavy atom. The monoisotopic (exact) mass is 754 g/mol. The molecule has 0 aliphatic carbocycles. The second-order valence-electron chi connectivity index (χ2n) is 15.9. The Labute approximate surface area is 319 Å². The lowest BCUT2D eigenvalue weighted by atomic mass is 9.82. The maximum atomic E-state index is 15.2. The Bertz CT molecular complexity index is 1850. The summed E-state index contributed by atoms with van der Waals surface area (Å²) in [5.41, 5.74) is 1.67. The highest BCUT2D eigenvalue weighted by Gasteiger charge is 2.66. The molecule has 6 atom stereocenters. The number of methoxy groups -OCH3 is 2. The summed E-state index contributed by atoms with van der Waals surface area (Å²) in [5.74, 6) is 0.859. The number of ether oxygens (including phenoxy) is 3. The van der Waals surface area contributed by atoms with Crippen molar-refractivity contribution in [2.75, 3.05) is 50.7 Å². The third kappa shape index (κ3) is 6.82. The summed E-state index contributed by atoms with van der Waals surface area (Å²) >= 11 is 0. The van der Waals surface area contributed by atoms with Crippen LogP contribution in [0.15, 0.2) is 66.7 Å². The predicted octanol–water partition coefficient (Wildman–Crippen LogP) is 4.78. The van der Waals surface area contributed by atoms with Crippen molar-refractivity contribution in [1.82, 2.24) is 10.2 Å². The van der Waals surface area contributed by atoms with Gasteiger partial charge in [0.2, 0.25) is 11.8 Å². The average Bonchev–Trinajstić information content (AvgIpc) is 3.86. The van der Waals surface area contributed by atoms with Crippen molar-refractivity contribution in [3.63, 3.8) is 0 Å². The predicted molar refractivity (Wildman–Crippen MR) is 211 cm³/mol. The quantitative estimate of drug-likeness (QED) is 0.239. The Morgan fingerprint density at radius 3 is 2.39 bits per heavy atom. The van der Waals surface area contributed by atoms with Gasteiger partial charge in [0.05, 0.1) is 65.6 Å². The number of piperidine rings is 1. The van der Waals surface area contributed by atoms with E-state index >= 15 is 4.79 Å². The summed E-state index contributed by atoms with van der Waals surface area (Å²) in [5, 5.41) is 17.6. The van der Waals surface area contributed by atoms with Gasteiger partial charge in [0.15, 0.2) is 5.60 Å². The number of benzene rings is 3. The van der Waals surface area contributed by atoms with Gasteiger partial charge >= 0.3 is 0 Å². The van der Waals surface area contributed by atoms with Crippen molar-refractivity contribution in [1.29, 1.82) is 0 Å². The van der Waals surface area contributed by atoms with E-state index in [1.807, 2.05) is 54.6 Å². The van der Waals surface area contributed by atoms with E-state index in [9.17, 15) is 14.7 Å². The molecule has 7 rings (SSSR count). The van der Waals surface area contributed by atoms with E-state index in [4.69, 9.17) is 14.2 Å². The Balaban J connectivity index is 1.22. The maximum Gasteiger partial charge on any atom is 0.264 e. The number of aliphatic hydroxyl groups excluding tert-OH is 1. The van der Waals surface area contributed by atoms with Gasteiger partial charge < -0.3 is 39.8 Å². The number of rotatable bonds is 11. The van der Waals surface area contributed by atoms with Crippen LogP contribution in [0.5, 0.6) is 11.5 Å². The summed E-state index contributed by atoms with van der Waals surface area (Å²) in [6.07, 6.45) is 3.06. The van der Waals surface area contributed by atoms with Gasteiger partial charge in [-0.05, 0) is 85.8 Å². The fourth-order valence-corrected chi connectivity index (χ4v) is 13.6. The molecular weight excluding hydrogens is 701 g/mol. The number of nitrogens with zero attached hydrogens (tertiary/aromatic N) is 2. The molecular formula is C42H54N4O7Si. The molecule has 288 valence electrons. The SMILES string of the molecule is COc1ccc([Si](C)(C)[C@H]2[C@H](CC(=O)N3CCC[C@H]3CO)O[C@@]3(C(=O)N(Cc4ccc(NC(=O)C5CCCNC5)cc4)c4ccc(OC)cc43)[C@@H]2C)cc1. The summed E-state index contributed by atoms with van der Waals surface area (Å²) in [7, 11) is 0.792. The largest absolute Gasteiger partial charge is 0.497 e. The van der Waals surface area contributed by atoms with Crippen molar-refractivity contribution in [3.05, 3.63) is 77.9 Å². The van der Waals surface area contributed by atoms with Crippen LogP contribution < -0.4 is 30.2 Å². The number of fused-ring (bicyclic) bond motifs is 2. The molecule has 1 spiro atoms. The first-order valence-corrected chi connectivity index (χ1v) is 22.4. The van der Waals surface area contributed by atoms with Crippen molar-refractivity contribution in [3.8, 4) is 11.5 Å². The maximum absolute atomic E-state index is 15.2. The fourth-order valence-electron chi connectivity index (χ4n) is 9.62. The first kappa shape index (κ1) is 38.1. The molecule has 0 bridgehead atoms. The minimum absolute atomic E-state index is 0.0159. The van der Waals surface area contributed by atoms with Gasteiger partial charge in [-0.15, -0.1) is 0 Å². The molecule has 3 amide bonds. The van der Waals surface area contributed by atoms with E-state index in [1.54, 1.807) is 24.0 Å². The number of nitrogens with one attached hydrogen (secondary N) is 2. The lowest BCUT2D eigenvalue weighted by Crippen LogP contribution is -2.52. The number of aliphatic hydroxyl groups is 1. The highest BCUT2D eigenvalue weighted by atomic mass is 28.3. The second kappa shape index (κ2) is 15.5. The van der Waals surface area contributed by atoms with Crippen LogP contribution in [0, 0.1) is 11.8 Å². The molecule has 54 heavy (non-hydrogen) atoms. The molecule has 0 saturated carbocycles. The first-order chi connectivity index (χ1) is 26.0. The smallest absolute Gasteiger partial charge is 0.264 e. The molecule has 4 heterocycles. The molecule has 12 heteroatoms. The minimum atomic E-state index is -2.48. The summed E-state index contributed by atoms with van der Waals surface area (Å²) in [4.78, 5) is 45.8. The average molecular weight is 755 g/mol. The summed E-state index contributed by atoms with van der Waals surface area (Å²) < 4.78 is 18.4. The van der Waals surface area contributed by atoms with Crippen LogP contribution in [0.3, 0.4) is 0 Å². The van der Waals surface area contributed by atoms with Crippen LogP contribution >= 0.6 is 0 Å². The number of hydrogen-bond donors (Lipinski definition) is 3. The highest BCUT2D eigenvalue weighted by Crippen LogP contribution is 2.60. The summed E-state index contributed by atoms with van der Waals surface area (Å²) in [6.45, 7) is 9.19. The van der Waals surface area contributed by atoms with Gasteiger partial charge in [0.25, 0.3) is 5.91 Å². The Hall–Kier alpha value is -4.23. The van der Waals surface area contributed by atoms with Crippen molar-refractivity contribution in [2.24, 2.45) is 11.8 Å². The Morgan fingerprint density at radius 2 is 1.72 bits per heavy atom. The number of carbonyl (C=O) groups excluding carboxylic acids is 3. The van der Waals surface area contributed by atoms with Gasteiger partial charge in [0, 0.05) is 30.3 Å². The number of hydrogen-bond acceptors (Lipinski definition) is 8. The molecule has 3 fully saturated rings. The van der Waals surface area contributed by atoms with Crippen LogP contribution in [0.2, 0.25) is 18.6 Å². The highest BCUT2D eigenvalue weighted by molar-refractivity contribution is 6.91. The molecule has 3 saturated heterocycles. The van der Waals surface area contributed by atoms with Gasteiger partial charge in [-0.2, -0.15) is 0 Å². The van der Waals surface area contributed by atoms with E-state index in [1.165, 1.54) is 5.19 Å². The van der Waals surface area contributed by atoms with E-state index in [0.29, 0.717) is 25.4 Å². The standard InChI is InChI=1S/C42H54N4O7Si/c1-27-39(54(4,5)34-17-14-32(51-2)15-18-34)37(23-38(48)45-21-7-9-31(45)26-47)53-42(27)35-22-33(52-3)16-19-36(35)46(41(42)50)25-28-10-12-30(13-11-28)44-40(49)29-8-6-20-43-24-29/h10-19,22,27,29,31,37,39,43,47H,6-9,20-21,23-26H2,1-5H3,(H,44,49)/t27-,29?,31+,37+,39-,42+/m1/s1. The van der Waals surface area contributed by atoms with Crippen LogP contribution in [-0.4, -0.2) is 88.4 Å². The van der Waals surface area contributed by atoms with Gasteiger partial charge in [0.1, 0.15) is 11.5 Å². The molecule has 3 N–H and O–H groups in total. The lowest BCUT2D eigenvalue weighted by molar-refractivity contribution is -0.150. The zero-order valence-electron chi connectivity index (χ0n) is 32.1. The van der Waals surface area contributed by atoms with Crippen molar-refractivity contribution in [2.45, 2.75) is 82.0 Å². The first-order valence-electron chi connectivity index (χ1n) is 19.4. The zero-order valence-corrected chi connectivity index (χ0v) is 33.1. The van der Waals surface area contributed by atoms with Crippen molar-refractivity contribution >= 4 is 42.4 Å². The molecule has 4 aliphatic heterocycles. The van der Waals surface area contributed by atoms with E-state index in [2.05, 4.69) is 42.8 Å². The second-order valence-corrected chi connectivity index (χ2v) is 20.6. The zero-order chi connectivity index (χ0) is 38.2. The van der Waals surface area contributed by atoms with Gasteiger partial charge in [-0.3, -0.25) is 14.4 Å². The van der Waals surface area contributed by atoms with Crippen LogP contribution in [0.1, 0.15) is 50.2 Å². The molecule has 3 aromatic carbocycles. The topological polar surface area (TPSA) is 130 Å². The van der Waals surface area contributed by atoms with Gasteiger partial charge in [-0.1, -0.05) is 49.5 Å². The van der Waals surface area contributed by atoms with E-state index < -0.39 is 19.8 Å². The molecule has 0 aromatic heterocycles. The minimum Gasteiger partial charge on any atom is -0.497 e. The van der Waals surface area contributed by atoms with Crippen molar-refractivity contribution < 1.29 is 33.7 Å². The molecule has 0 radical (unpaired) electrons. The molecule has 3 aromatic rings. The van der Waals surface area contributed by atoms with Crippen LogP contribution in [0.25, 0.3) is 0 Å². The van der Waals surface area contributed by atoms with Gasteiger partial charge in [-0.25, -0.2) is 0 Å². The molecule has 11 nitrogen and oxygen atoms in total. The van der Waals surface area contributed by atoms with E-state index in [-0.39, 0.29) is 54.2 Å². The molecule has 1 unspecified atom stereocenters. The third-order valence-electron chi connectivity index (χ3n) is 12.6. The normalized spacial score (nSPS) is 26.6. The number of carbonyl (C=O) groups is 3. The third-order valence-corrected chi connectivity index (χ3v) is 16.9. The Kier molecular flexibility index (Phi) is 10.9. The number of amides is 3. The van der Waals surface area contributed by atoms with Crippen LogP contribution in [-0.2, 0) is 31.3 Å². The molecule has 4 aliphatic rings. The number of anilines is 2. The van der Waals surface area contributed by atoms with Crippen LogP contribution in [0.4, 0.5) is 11.4 Å². The number of likely N-dealkylation sites (tertiary alicyclic amines) is 1. The summed E-state index contributed by atoms with van der Waals surface area (Å²) in [6, 6.07) is 21.4. The van der Waals surface area contributed by atoms with E-state index in [0.717, 1.165) is 60.5 Å². The fraction of sp³-hybridized carbons (Fsp3) is 0.500. The lowest BCUT2D eigenvalue weighted by Gasteiger charge is -2.37.